The molecule has 0 saturated carbocycles. The summed E-state index contributed by atoms with van der Waals surface area (Å²) < 4.78 is 0. The number of nitrogens with zero attached hydrogens (tertiary/aromatic N) is 1. The molecule has 9 nitrogen and oxygen atoms in total. The molecule has 9 heteroatoms. The van der Waals surface area contributed by atoms with Gasteiger partial charge in [0, 0.05) is 29.2 Å². The molecule has 0 unspecified atom stereocenters. The predicted molar refractivity (Wildman–Crippen MR) is 124 cm³/mol. The number of hydrogen-bond acceptors (Lipinski definition) is 5. The minimum atomic E-state index is -0.833. The Morgan fingerprint density at radius 1 is 0.906 bits per heavy atom. The molecule has 4 rings (SSSR count). The summed E-state index contributed by atoms with van der Waals surface area (Å²) in [7, 11) is 0. The zero-order valence-corrected chi connectivity index (χ0v) is 17.2. The third-order valence-corrected chi connectivity index (χ3v) is 4.57. The number of nitrogen functional groups attached to an aromatic ring is 2. The highest BCUT2D eigenvalue weighted by Gasteiger charge is 2.10. The van der Waals surface area contributed by atoms with Crippen molar-refractivity contribution >= 4 is 28.7 Å². The molecule has 3 aromatic carbocycles. The molecule has 0 fully saturated rings. The van der Waals surface area contributed by atoms with Crippen LogP contribution in [0.2, 0.25) is 0 Å². The summed E-state index contributed by atoms with van der Waals surface area (Å²) in [6.07, 6.45) is 0. The minimum absolute atomic E-state index is 0.0120. The summed E-state index contributed by atoms with van der Waals surface area (Å²) in [5.74, 6) is -0.132. The van der Waals surface area contributed by atoms with Crippen LogP contribution in [0.1, 0.15) is 18.1 Å². The lowest BCUT2D eigenvalue weighted by atomic mass is 10.0. The van der Waals surface area contributed by atoms with Crippen molar-refractivity contribution in [2.24, 2.45) is 11.5 Å². The molecular weight excluding hydrogens is 408 g/mol. The third-order valence-electron chi connectivity index (χ3n) is 4.57. The van der Waals surface area contributed by atoms with Crippen molar-refractivity contribution in [3.05, 3.63) is 71.8 Å². The van der Waals surface area contributed by atoms with Crippen LogP contribution in [0.15, 0.2) is 60.7 Å². The first-order valence-corrected chi connectivity index (χ1v) is 9.47. The largest absolute Gasteiger partial charge is 0.507 e. The fourth-order valence-corrected chi connectivity index (χ4v) is 3.06. The van der Waals surface area contributed by atoms with Gasteiger partial charge in [0.2, 0.25) is 0 Å². The number of H-pyrrole nitrogens is 1. The summed E-state index contributed by atoms with van der Waals surface area (Å²) in [5, 5.41) is 32.7. The fourth-order valence-electron chi connectivity index (χ4n) is 3.06. The first kappa shape index (κ1) is 22.0. The van der Waals surface area contributed by atoms with Crippen molar-refractivity contribution in [3.63, 3.8) is 0 Å². The highest BCUT2D eigenvalue weighted by Crippen LogP contribution is 2.31. The number of benzene rings is 3. The predicted octanol–water partition coefficient (Wildman–Crippen LogP) is 3.26. The number of imidazole rings is 1. The van der Waals surface area contributed by atoms with Gasteiger partial charge in [0.1, 0.15) is 23.2 Å². The van der Waals surface area contributed by atoms with Crippen LogP contribution in [0.25, 0.3) is 33.5 Å². The lowest BCUT2D eigenvalue weighted by molar-refractivity contribution is -0.134. The molecule has 0 atom stereocenters. The number of amidine groups is 2. The molecule has 0 aliphatic heterocycles. The molecule has 1 heterocycles. The Balaban J connectivity index is 0.000000668. The van der Waals surface area contributed by atoms with Crippen molar-refractivity contribution in [2.75, 3.05) is 0 Å². The van der Waals surface area contributed by atoms with E-state index in [1.54, 1.807) is 24.3 Å². The number of hydrogen-bond donors (Lipinski definition) is 7. The maximum atomic E-state index is 10.2. The van der Waals surface area contributed by atoms with E-state index >= 15 is 0 Å². The number of fused-ring (bicyclic) bond motifs is 1. The summed E-state index contributed by atoms with van der Waals surface area (Å²) in [5.41, 5.74) is 16.1. The summed E-state index contributed by atoms with van der Waals surface area (Å²) in [6, 6.07) is 17.9. The van der Waals surface area contributed by atoms with Crippen LogP contribution < -0.4 is 11.5 Å². The van der Waals surface area contributed by atoms with Crippen LogP contribution in [-0.4, -0.2) is 37.8 Å². The number of nitrogens with one attached hydrogen (secondary N) is 3. The Bertz CT molecular complexity index is 1320. The highest BCUT2D eigenvalue weighted by atomic mass is 16.4. The number of phenolic OH excluding ortho intramolecular Hbond substituents is 1. The summed E-state index contributed by atoms with van der Waals surface area (Å²) in [4.78, 5) is 16.8. The lowest BCUT2D eigenvalue weighted by Gasteiger charge is -2.07. The van der Waals surface area contributed by atoms with Gasteiger partial charge in [-0.3, -0.25) is 15.6 Å². The van der Waals surface area contributed by atoms with Gasteiger partial charge >= 0.3 is 0 Å². The van der Waals surface area contributed by atoms with E-state index in [1.807, 2.05) is 30.3 Å². The number of nitrogens with two attached hydrogens (primary N) is 2. The van der Waals surface area contributed by atoms with E-state index in [4.69, 9.17) is 32.2 Å². The molecule has 0 saturated heterocycles. The van der Waals surface area contributed by atoms with Gasteiger partial charge in [-0.15, -0.1) is 0 Å². The molecule has 0 bridgehead atoms. The van der Waals surface area contributed by atoms with Gasteiger partial charge in [-0.2, -0.15) is 0 Å². The van der Waals surface area contributed by atoms with Crippen LogP contribution in [0, 0.1) is 10.8 Å². The number of carbonyl (C=O) groups is 1. The minimum Gasteiger partial charge on any atom is -0.507 e. The Morgan fingerprint density at radius 2 is 1.44 bits per heavy atom. The second kappa shape index (κ2) is 9.00. The highest BCUT2D eigenvalue weighted by molar-refractivity contribution is 5.98. The number of aromatic amines is 1. The van der Waals surface area contributed by atoms with Gasteiger partial charge in [-0.05, 0) is 35.9 Å². The quantitative estimate of drug-likeness (QED) is 0.192. The number of aromatic nitrogens is 2. The Kier molecular flexibility index (Phi) is 6.20. The molecule has 0 amide bonds. The Morgan fingerprint density at radius 3 is 2.00 bits per heavy atom. The Hall–Kier alpha value is -4.66. The van der Waals surface area contributed by atoms with Gasteiger partial charge < -0.3 is 26.7 Å². The van der Waals surface area contributed by atoms with Crippen LogP contribution in [0.5, 0.6) is 5.75 Å². The van der Waals surface area contributed by atoms with E-state index in [2.05, 4.69) is 9.97 Å². The van der Waals surface area contributed by atoms with Crippen molar-refractivity contribution < 1.29 is 15.0 Å². The van der Waals surface area contributed by atoms with Gasteiger partial charge in [0.05, 0.1) is 11.0 Å². The van der Waals surface area contributed by atoms with Crippen molar-refractivity contribution in [1.82, 2.24) is 9.97 Å². The number of aromatic hydroxyl groups is 1. The molecule has 4 aromatic rings. The third kappa shape index (κ3) is 4.90. The number of rotatable bonds is 4. The normalized spacial score (nSPS) is 10.3. The van der Waals surface area contributed by atoms with E-state index in [9.17, 15) is 5.11 Å². The SMILES string of the molecule is CC(=O)O.N=C(N)c1ccc(-c2ccc(-c3nc4ccc(C(=N)N)cc4[nH]3)cc2)c(O)c1. The number of carboxylic acid groups (broad SMARTS) is 1. The molecule has 0 aliphatic carbocycles. The number of phenols is 1. The maximum absolute atomic E-state index is 10.2. The van der Waals surface area contributed by atoms with Crippen LogP contribution >= 0.6 is 0 Å². The van der Waals surface area contributed by atoms with Crippen molar-refractivity contribution in [2.45, 2.75) is 6.92 Å². The van der Waals surface area contributed by atoms with Crippen LogP contribution in [0.4, 0.5) is 0 Å². The number of aliphatic carboxylic acids is 1. The van der Waals surface area contributed by atoms with Gasteiger partial charge in [0.25, 0.3) is 5.97 Å². The maximum Gasteiger partial charge on any atom is 0.300 e. The van der Waals surface area contributed by atoms with E-state index in [0.717, 1.165) is 29.1 Å². The molecule has 0 spiro atoms. The van der Waals surface area contributed by atoms with Crippen LogP contribution in [-0.2, 0) is 4.79 Å². The molecule has 1 aromatic heterocycles. The molecular formula is C23H22N6O3. The van der Waals surface area contributed by atoms with Crippen LogP contribution in [0.3, 0.4) is 0 Å². The van der Waals surface area contributed by atoms with Gasteiger partial charge in [-0.25, -0.2) is 4.98 Å². The molecule has 0 radical (unpaired) electrons. The zero-order valence-electron chi connectivity index (χ0n) is 17.2. The van der Waals surface area contributed by atoms with Crippen molar-refractivity contribution in [3.8, 4) is 28.3 Å². The summed E-state index contributed by atoms with van der Waals surface area (Å²) in [6.45, 7) is 1.08. The standard InChI is InChI=1S/C21H18N6O.C2H4O2/c22-19(23)13-6-8-16-17(9-13)27-21(26-16)12-3-1-11(2-4-12)15-7-5-14(20(24)25)10-18(15)28;1-2(3)4/h1-10,28H,(H3,22,23)(H3,24,25)(H,26,27);1H3,(H,3,4). The second-order valence-corrected chi connectivity index (χ2v) is 6.97. The first-order valence-electron chi connectivity index (χ1n) is 9.47. The monoisotopic (exact) mass is 430 g/mol. The average molecular weight is 430 g/mol. The van der Waals surface area contributed by atoms with E-state index in [-0.39, 0.29) is 17.4 Å². The molecule has 9 N–H and O–H groups in total. The second-order valence-electron chi connectivity index (χ2n) is 6.97. The topological polar surface area (TPSA) is 186 Å². The molecule has 0 aliphatic rings. The lowest BCUT2D eigenvalue weighted by Crippen LogP contribution is -2.10. The number of carboxylic acids is 1. The molecule has 162 valence electrons. The van der Waals surface area contributed by atoms with E-state index in [0.29, 0.717) is 22.5 Å². The summed E-state index contributed by atoms with van der Waals surface area (Å²) >= 11 is 0. The smallest absolute Gasteiger partial charge is 0.300 e. The van der Waals surface area contributed by atoms with Gasteiger partial charge in [-0.1, -0.05) is 30.3 Å². The van der Waals surface area contributed by atoms with Crippen molar-refractivity contribution in [1.29, 1.82) is 10.8 Å². The van der Waals surface area contributed by atoms with E-state index < -0.39 is 5.97 Å². The molecule has 32 heavy (non-hydrogen) atoms. The van der Waals surface area contributed by atoms with E-state index in [1.165, 1.54) is 6.07 Å². The average Bonchev–Trinajstić information content (AvgIpc) is 3.16. The fraction of sp³-hybridized carbons (Fsp3) is 0.0435. The Labute approximate surface area is 183 Å². The zero-order chi connectivity index (χ0) is 23.4. The first-order chi connectivity index (χ1) is 15.2. The van der Waals surface area contributed by atoms with Gasteiger partial charge in [0.15, 0.2) is 0 Å².